The van der Waals surface area contributed by atoms with Crippen molar-refractivity contribution in [2.24, 2.45) is 0 Å². The average Bonchev–Trinajstić information content (AvgIpc) is 3.34. The van der Waals surface area contributed by atoms with Crippen molar-refractivity contribution >= 4 is 17.5 Å². The maximum absolute atomic E-state index is 13.4. The van der Waals surface area contributed by atoms with Crippen LogP contribution in [-0.2, 0) is 6.18 Å². The number of carbonyl (C=O) groups excluding carboxylic acids is 1. The van der Waals surface area contributed by atoms with Crippen LogP contribution in [0.2, 0.25) is 5.02 Å². The van der Waals surface area contributed by atoms with Gasteiger partial charge < -0.3 is 10.2 Å². The molecular formula is C28H28ClF3N2O. The van der Waals surface area contributed by atoms with Crippen LogP contribution in [0, 0.1) is 0 Å². The predicted octanol–water partition coefficient (Wildman–Crippen LogP) is 7.37. The molecule has 0 radical (unpaired) electrons. The Morgan fingerprint density at radius 1 is 0.914 bits per heavy atom. The summed E-state index contributed by atoms with van der Waals surface area (Å²) in [5.74, 6) is -0.619. The van der Waals surface area contributed by atoms with Gasteiger partial charge in [-0.05, 0) is 55.8 Å². The molecule has 1 aliphatic rings. The summed E-state index contributed by atoms with van der Waals surface area (Å²) >= 11 is 6.07. The second-order valence-electron chi connectivity index (χ2n) is 9.26. The van der Waals surface area contributed by atoms with Crippen molar-refractivity contribution in [1.82, 2.24) is 10.2 Å². The van der Waals surface area contributed by atoms with Crippen molar-refractivity contribution in [3.8, 4) is 11.1 Å². The molecule has 1 atom stereocenters. The lowest BCUT2D eigenvalue weighted by Gasteiger charge is -2.44. The van der Waals surface area contributed by atoms with E-state index in [2.05, 4.69) is 10.2 Å². The minimum atomic E-state index is -4.64. The van der Waals surface area contributed by atoms with Gasteiger partial charge in [-0.3, -0.25) is 4.79 Å². The molecule has 1 aliphatic carbocycles. The number of rotatable bonds is 6. The lowest BCUT2D eigenvalue weighted by Crippen LogP contribution is -2.53. The molecule has 1 saturated carbocycles. The zero-order valence-corrected chi connectivity index (χ0v) is 20.5. The van der Waals surface area contributed by atoms with Crippen LogP contribution in [-0.4, -0.2) is 30.4 Å². The van der Waals surface area contributed by atoms with Gasteiger partial charge in [0.1, 0.15) is 0 Å². The third kappa shape index (κ3) is 5.09. The van der Waals surface area contributed by atoms with Crippen molar-refractivity contribution in [1.29, 1.82) is 0 Å². The number of nitrogens with zero attached hydrogens (tertiary/aromatic N) is 1. The molecule has 0 heterocycles. The number of likely N-dealkylation sites (N-methyl/N-ethyl adjacent to an activating group) is 1. The van der Waals surface area contributed by atoms with Crippen molar-refractivity contribution in [3.63, 3.8) is 0 Å². The van der Waals surface area contributed by atoms with Gasteiger partial charge in [0.2, 0.25) is 0 Å². The van der Waals surface area contributed by atoms with E-state index in [1.807, 2.05) is 68.7 Å². The number of hydrogen-bond acceptors (Lipinski definition) is 2. The molecule has 3 nitrogen and oxygen atoms in total. The highest BCUT2D eigenvalue weighted by Gasteiger charge is 2.45. The van der Waals surface area contributed by atoms with Gasteiger partial charge in [0, 0.05) is 5.54 Å². The first-order valence-corrected chi connectivity index (χ1v) is 12.0. The fourth-order valence-corrected chi connectivity index (χ4v) is 5.46. The molecule has 35 heavy (non-hydrogen) atoms. The predicted molar refractivity (Wildman–Crippen MR) is 133 cm³/mol. The number of carbonyl (C=O) groups is 1. The molecule has 0 saturated heterocycles. The molecule has 1 N–H and O–H groups in total. The summed E-state index contributed by atoms with van der Waals surface area (Å²) < 4.78 is 40.2. The van der Waals surface area contributed by atoms with Crippen molar-refractivity contribution in [3.05, 3.63) is 94.5 Å². The number of hydrogen-bond donors (Lipinski definition) is 1. The summed E-state index contributed by atoms with van der Waals surface area (Å²) in [7, 11) is 3.97. The number of halogens is 4. The molecule has 1 unspecified atom stereocenters. The molecule has 7 heteroatoms. The zero-order chi connectivity index (χ0) is 25.2. The Morgan fingerprint density at radius 2 is 1.51 bits per heavy atom. The summed E-state index contributed by atoms with van der Waals surface area (Å²) in [5.41, 5.74) is 1.47. The third-order valence-electron chi connectivity index (χ3n) is 7.07. The van der Waals surface area contributed by atoms with Gasteiger partial charge in [-0.1, -0.05) is 85.1 Å². The Morgan fingerprint density at radius 3 is 2.09 bits per heavy atom. The number of amides is 1. The molecule has 4 rings (SSSR count). The molecular weight excluding hydrogens is 473 g/mol. The third-order valence-corrected chi connectivity index (χ3v) is 7.48. The highest BCUT2D eigenvalue weighted by atomic mass is 35.5. The topological polar surface area (TPSA) is 32.3 Å². The molecule has 1 fully saturated rings. The van der Waals surface area contributed by atoms with E-state index in [9.17, 15) is 18.0 Å². The summed E-state index contributed by atoms with van der Waals surface area (Å²) in [6.45, 7) is 0. The van der Waals surface area contributed by atoms with Crippen LogP contribution in [0.1, 0.15) is 53.2 Å². The molecule has 0 spiro atoms. The van der Waals surface area contributed by atoms with Crippen molar-refractivity contribution in [2.75, 3.05) is 14.1 Å². The Balaban J connectivity index is 1.72. The van der Waals surface area contributed by atoms with E-state index in [4.69, 9.17) is 11.6 Å². The van der Waals surface area contributed by atoms with Gasteiger partial charge in [-0.2, -0.15) is 13.2 Å². The molecule has 0 aromatic heterocycles. The summed E-state index contributed by atoms with van der Waals surface area (Å²) in [4.78, 5) is 15.5. The second-order valence-corrected chi connectivity index (χ2v) is 9.64. The Labute approximate surface area is 208 Å². The van der Waals surface area contributed by atoms with Crippen LogP contribution in [0.25, 0.3) is 11.1 Å². The second kappa shape index (κ2) is 10.0. The largest absolute Gasteiger partial charge is 0.417 e. The summed E-state index contributed by atoms with van der Waals surface area (Å²) in [5, 5.41) is 2.48. The lowest BCUT2D eigenvalue weighted by atomic mass is 9.81. The van der Waals surface area contributed by atoms with Gasteiger partial charge in [0.05, 0.1) is 22.2 Å². The van der Waals surface area contributed by atoms with E-state index in [-0.39, 0.29) is 11.1 Å². The van der Waals surface area contributed by atoms with Crippen molar-refractivity contribution < 1.29 is 18.0 Å². The van der Waals surface area contributed by atoms with E-state index in [0.29, 0.717) is 0 Å². The summed E-state index contributed by atoms with van der Waals surface area (Å²) in [6.07, 6.45) is -0.895. The zero-order valence-electron chi connectivity index (χ0n) is 19.7. The first-order chi connectivity index (χ1) is 16.6. The van der Waals surface area contributed by atoms with Crippen molar-refractivity contribution in [2.45, 2.75) is 43.4 Å². The number of alkyl halides is 3. The van der Waals surface area contributed by atoms with E-state index in [1.165, 1.54) is 12.1 Å². The number of benzene rings is 3. The van der Waals surface area contributed by atoms with Gasteiger partial charge >= 0.3 is 6.18 Å². The molecule has 3 aromatic carbocycles. The Bertz CT molecular complexity index is 1170. The van der Waals surface area contributed by atoms with E-state index in [1.54, 1.807) is 0 Å². The molecule has 184 valence electrons. The maximum Gasteiger partial charge on any atom is 0.417 e. The maximum atomic E-state index is 13.4. The van der Waals surface area contributed by atoms with Gasteiger partial charge in [-0.15, -0.1) is 0 Å². The molecule has 3 aromatic rings. The summed E-state index contributed by atoms with van der Waals surface area (Å²) in [6, 6.07) is 21.0. The monoisotopic (exact) mass is 500 g/mol. The van der Waals surface area contributed by atoms with Gasteiger partial charge in [0.15, 0.2) is 0 Å². The minimum Gasteiger partial charge on any atom is -0.343 e. The minimum absolute atomic E-state index is 0.181. The molecule has 0 aliphatic heterocycles. The van der Waals surface area contributed by atoms with Gasteiger partial charge in [-0.25, -0.2) is 0 Å². The molecule has 1 amide bonds. The quantitative estimate of drug-likeness (QED) is 0.383. The van der Waals surface area contributed by atoms with E-state index < -0.39 is 28.7 Å². The fourth-order valence-electron chi connectivity index (χ4n) is 5.14. The normalized spacial score (nSPS) is 16.3. The lowest BCUT2D eigenvalue weighted by molar-refractivity contribution is -0.137. The number of nitrogens with one attached hydrogen (secondary N) is 1. The molecule has 0 bridgehead atoms. The first-order valence-electron chi connectivity index (χ1n) is 11.6. The Hall–Kier alpha value is -2.83. The smallest absolute Gasteiger partial charge is 0.343 e. The highest BCUT2D eigenvalue weighted by Crippen LogP contribution is 2.44. The first kappa shape index (κ1) is 25.3. The fraction of sp³-hybridized carbons (Fsp3) is 0.321. The van der Waals surface area contributed by atoms with Crippen LogP contribution < -0.4 is 5.32 Å². The van der Waals surface area contributed by atoms with Crippen LogP contribution in [0.4, 0.5) is 13.2 Å². The van der Waals surface area contributed by atoms with Crippen LogP contribution >= 0.6 is 11.6 Å². The Kier molecular flexibility index (Phi) is 7.25. The SMILES string of the molecule is CN(C)C1(C(NC(=O)c2cccc(C(F)(F)F)c2Cl)c2ccc(-c3ccccc3)cc2)CCCC1. The average molecular weight is 501 g/mol. The van der Waals surface area contributed by atoms with Crippen LogP contribution in [0.15, 0.2) is 72.8 Å². The van der Waals surface area contributed by atoms with Crippen LogP contribution in [0.3, 0.4) is 0 Å². The standard InChI is InChI=1S/C28H28ClF3N2O/c1-34(2)27(17-6-7-18-27)25(21-15-13-20(14-16-21)19-9-4-3-5-10-19)33-26(35)22-11-8-12-23(24(22)29)28(30,31)32/h3-5,8-16,25H,6-7,17-18H2,1-2H3,(H,33,35). The van der Waals surface area contributed by atoms with Crippen LogP contribution in [0.5, 0.6) is 0 Å². The highest BCUT2D eigenvalue weighted by molar-refractivity contribution is 6.34. The van der Waals surface area contributed by atoms with E-state index >= 15 is 0 Å². The van der Waals surface area contributed by atoms with E-state index in [0.717, 1.165) is 48.4 Å². The van der Waals surface area contributed by atoms with Gasteiger partial charge in [0.25, 0.3) is 5.91 Å².